The number of hydrogen-bond donors (Lipinski definition) is 0. The molecule has 0 aromatic carbocycles. The fourth-order valence-corrected chi connectivity index (χ4v) is 1.82. The van der Waals surface area contributed by atoms with Crippen LogP contribution < -0.4 is 9.47 Å². The van der Waals surface area contributed by atoms with Crippen molar-refractivity contribution in [2.75, 3.05) is 13.2 Å². The molecule has 2 rings (SSSR count). The Labute approximate surface area is 81.9 Å². The first kappa shape index (κ1) is 8.90. The van der Waals surface area contributed by atoms with Gasteiger partial charge in [-0.05, 0) is 0 Å². The molecular weight excluding hydrogens is 187 g/mol. The van der Waals surface area contributed by atoms with Crippen molar-refractivity contribution in [3.05, 3.63) is 10.8 Å². The van der Waals surface area contributed by atoms with Gasteiger partial charge in [0.1, 0.15) is 6.61 Å². The maximum Gasteiger partial charge on any atom is 0.289 e. The van der Waals surface area contributed by atoms with Crippen molar-refractivity contribution in [3.63, 3.8) is 0 Å². The zero-order valence-corrected chi connectivity index (χ0v) is 8.17. The van der Waals surface area contributed by atoms with Gasteiger partial charge in [-0.2, -0.15) is 0 Å². The molecule has 1 aliphatic heterocycles. The van der Waals surface area contributed by atoms with Crippen molar-refractivity contribution < 1.29 is 14.1 Å². The number of thiophene rings is 1. The van der Waals surface area contributed by atoms with Crippen LogP contribution in [0.2, 0.25) is 6.82 Å². The minimum atomic E-state index is 0.0123. The second-order valence-corrected chi connectivity index (χ2v) is 3.46. The van der Waals surface area contributed by atoms with Crippen molar-refractivity contribution in [2.45, 2.75) is 12.9 Å². The first-order valence-electron chi connectivity index (χ1n) is 4.15. The van der Waals surface area contributed by atoms with E-state index in [9.17, 15) is 0 Å². The molecule has 3 nitrogen and oxygen atoms in total. The molecule has 1 radical (unpaired) electrons. The molecule has 0 N–H and O–H groups in total. The number of ether oxygens (including phenoxy) is 2. The van der Waals surface area contributed by atoms with Gasteiger partial charge in [-0.3, -0.25) is 0 Å². The zero-order chi connectivity index (χ0) is 9.10. The predicted octanol–water partition coefficient (Wildman–Crippen LogP) is 1.57. The Kier molecular flexibility index (Phi) is 2.75. The lowest BCUT2D eigenvalue weighted by Crippen LogP contribution is -2.33. The van der Waals surface area contributed by atoms with Crippen molar-refractivity contribution in [1.29, 1.82) is 0 Å². The molecule has 2 heterocycles. The van der Waals surface area contributed by atoms with Crippen LogP contribution in [0.3, 0.4) is 0 Å². The van der Waals surface area contributed by atoms with Crippen molar-refractivity contribution in [3.8, 4) is 11.5 Å². The summed E-state index contributed by atoms with van der Waals surface area (Å²) in [5, 5.41) is 3.88. The fourth-order valence-electron chi connectivity index (χ4n) is 1.15. The molecule has 13 heavy (non-hydrogen) atoms. The molecular formula is C8H10BO3S. The van der Waals surface area contributed by atoms with Gasteiger partial charge in [0.15, 0.2) is 17.6 Å². The lowest BCUT2D eigenvalue weighted by molar-refractivity contribution is 0.0560. The van der Waals surface area contributed by atoms with Gasteiger partial charge >= 0.3 is 0 Å². The van der Waals surface area contributed by atoms with Crippen LogP contribution >= 0.6 is 11.3 Å². The molecule has 1 aromatic rings. The lowest BCUT2D eigenvalue weighted by atomic mass is 10.1. The number of rotatable bonds is 3. The van der Waals surface area contributed by atoms with E-state index in [0.717, 1.165) is 11.5 Å². The Morgan fingerprint density at radius 1 is 1.62 bits per heavy atom. The third-order valence-electron chi connectivity index (χ3n) is 1.76. The predicted molar refractivity (Wildman–Crippen MR) is 51.8 cm³/mol. The van der Waals surface area contributed by atoms with E-state index in [0.29, 0.717) is 13.2 Å². The van der Waals surface area contributed by atoms with Crippen LogP contribution in [0.4, 0.5) is 0 Å². The van der Waals surface area contributed by atoms with Gasteiger partial charge in [0.25, 0.3) is 7.48 Å². The van der Waals surface area contributed by atoms with Crippen LogP contribution in [0, 0.1) is 0 Å². The summed E-state index contributed by atoms with van der Waals surface area (Å²) in [6.07, 6.45) is 0.0123. The first-order valence-corrected chi connectivity index (χ1v) is 5.09. The van der Waals surface area contributed by atoms with E-state index >= 15 is 0 Å². The van der Waals surface area contributed by atoms with Gasteiger partial charge < -0.3 is 14.1 Å². The van der Waals surface area contributed by atoms with E-state index in [2.05, 4.69) is 0 Å². The number of hydrogen-bond acceptors (Lipinski definition) is 4. The smallest absolute Gasteiger partial charge is 0.289 e. The van der Waals surface area contributed by atoms with E-state index in [1.165, 1.54) is 0 Å². The lowest BCUT2D eigenvalue weighted by Gasteiger charge is -2.24. The summed E-state index contributed by atoms with van der Waals surface area (Å²) in [6.45, 7) is 2.96. The molecule has 1 aliphatic rings. The highest BCUT2D eigenvalue weighted by atomic mass is 32.1. The normalized spacial score (nSPS) is 19.9. The standard InChI is InChI=1S/C8H10BO3S/c1-9-11-3-6-2-10-7-4-13-5-8(7)12-6/h4-6H,2-3H2,1H3. The second-order valence-electron chi connectivity index (χ2n) is 2.72. The Balaban J connectivity index is 1.93. The zero-order valence-electron chi connectivity index (χ0n) is 7.36. The highest BCUT2D eigenvalue weighted by molar-refractivity contribution is 7.08. The Hall–Kier alpha value is -0.675. The largest absolute Gasteiger partial charge is 0.485 e. The van der Waals surface area contributed by atoms with Crippen molar-refractivity contribution >= 4 is 18.8 Å². The molecule has 5 heteroatoms. The molecule has 69 valence electrons. The molecule has 1 aromatic heterocycles. The fraction of sp³-hybridized carbons (Fsp3) is 0.500. The Morgan fingerprint density at radius 3 is 3.31 bits per heavy atom. The van der Waals surface area contributed by atoms with Gasteiger partial charge in [-0.15, -0.1) is 11.3 Å². The summed E-state index contributed by atoms with van der Waals surface area (Å²) in [4.78, 5) is 0. The summed E-state index contributed by atoms with van der Waals surface area (Å²) < 4.78 is 16.2. The second kappa shape index (κ2) is 4.02. The van der Waals surface area contributed by atoms with E-state index in [1.54, 1.807) is 18.8 Å². The van der Waals surface area contributed by atoms with E-state index in [1.807, 2.05) is 17.6 Å². The average molecular weight is 197 g/mol. The third kappa shape index (κ3) is 1.98. The van der Waals surface area contributed by atoms with Crippen LogP contribution in [0.5, 0.6) is 11.5 Å². The van der Waals surface area contributed by atoms with Crippen LogP contribution in [-0.4, -0.2) is 26.8 Å². The van der Waals surface area contributed by atoms with Crippen LogP contribution in [0.15, 0.2) is 10.8 Å². The maximum atomic E-state index is 5.61. The van der Waals surface area contributed by atoms with E-state index in [4.69, 9.17) is 14.1 Å². The minimum absolute atomic E-state index is 0.0123. The summed E-state index contributed by atoms with van der Waals surface area (Å²) >= 11 is 1.58. The van der Waals surface area contributed by atoms with Gasteiger partial charge in [0, 0.05) is 10.8 Å². The van der Waals surface area contributed by atoms with Crippen molar-refractivity contribution in [1.82, 2.24) is 0 Å². The van der Waals surface area contributed by atoms with Crippen molar-refractivity contribution in [2.24, 2.45) is 0 Å². The summed E-state index contributed by atoms with van der Waals surface area (Å²) in [6, 6.07) is 0. The topological polar surface area (TPSA) is 27.7 Å². The van der Waals surface area contributed by atoms with Crippen LogP contribution in [-0.2, 0) is 4.65 Å². The molecule has 0 spiro atoms. The van der Waals surface area contributed by atoms with E-state index in [-0.39, 0.29) is 6.10 Å². The van der Waals surface area contributed by atoms with Gasteiger partial charge in [-0.1, -0.05) is 6.82 Å². The Morgan fingerprint density at radius 2 is 2.46 bits per heavy atom. The molecule has 0 fully saturated rings. The maximum absolute atomic E-state index is 5.61. The molecule has 1 unspecified atom stereocenters. The van der Waals surface area contributed by atoms with Crippen LogP contribution in [0.25, 0.3) is 0 Å². The van der Waals surface area contributed by atoms with E-state index < -0.39 is 0 Å². The molecule has 0 amide bonds. The molecule has 1 atom stereocenters. The van der Waals surface area contributed by atoms with Crippen LogP contribution in [0.1, 0.15) is 0 Å². The monoisotopic (exact) mass is 197 g/mol. The summed E-state index contributed by atoms with van der Waals surface area (Å²) in [5.74, 6) is 1.68. The number of fused-ring (bicyclic) bond motifs is 1. The summed E-state index contributed by atoms with van der Waals surface area (Å²) in [5.41, 5.74) is 0. The minimum Gasteiger partial charge on any atom is -0.485 e. The molecule has 0 aliphatic carbocycles. The van der Waals surface area contributed by atoms with Gasteiger partial charge in [0.05, 0.1) is 6.61 Å². The highest BCUT2D eigenvalue weighted by Gasteiger charge is 2.21. The summed E-state index contributed by atoms with van der Waals surface area (Å²) in [7, 11) is 1.66. The molecule has 0 bridgehead atoms. The quantitative estimate of drug-likeness (QED) is 0.688. The highest BCUT2D eigenvalue weighted by Crippen LogP contribution is 2.35. The molecule has 0 saturated heterocycles. The average Bonchev–Trinajstić information content (AvgIpc) is 2.61. The third-order valence-corrected chi connectivity index (χ3v) is 2.46. The Bertz CT molecular complexity index is 276. The molecule has 0 saturated carbocycles. The van der Waals surface area contributed by atoms with Gasteiger partial charge in [-0.25, -0.2) is 0 Å². The van der Waals surface area contributed by atoms with Gasteiger partial charge in [0.2, 0.25) is 0 Å². The SMILES string of the molecule is C[B]OCC1COc2cscc2O1. The first-order chi connectivity index (χ1) is 6.40.